The van der Waals surface area contributed by atoms with Crippen LogP contribution in [0.5, 0.6) is 0 Å². The van der Waals surface area contributed by atoms with Gasteiger partial charge in [0, 0.05) is 11.8 Å². The number of nitrogens with zero attached hydrogens (tertiary/aromatic N) is 2. The number of halogens is 1. The zero-order valence-electron chi connectivity index (χ0n) is 16.6. The van der Waals surface area contributed by atoms with Crippen molar-refractivity contribution in [3.8, 4) is 0 Å². The maximum atomic E-state index is 14.6. The molecule has 2 aromatic rings. The number of aliphatic hydroxyl groups excluding tert-OH is 1. The second kappa shape index (κ2) is 10.1. The van der Waals surface area contributed by atoms with Crippen molar-refractivity contribution in [1.82, 2.24) is 9.55 Å². The number of rotatable bonds is 8. The Balaban J connectivity index is 1.78. The summed E-state index contributed by atoms with van der Waals surface area (Å²) in [5.74, 6) is -2.80. The minimum absolute atomic E-state index is 0.0661. The molecule has 0 bridgehead atoms. The van der Waals surface area contributed by atoms with Crippen LogP contribution in [0, 0.1) is 0 Å². The van der Waals surface area contributed by atoms with E-state index in [0.29, 0.717) is 5.56 Å². The smallest absolute Gasteiger partial charge is 0.351 e. The van der Waals surface area contributed by atoms with E-state index >= 15 is 0 Å². The number of esters is 1. The lowest BCUT2D eigenvalue weighted by molar-refractivity contribution is -0.159. The molecular weight excluding hydrogens is 429 g/mol. The van der Waals surface area contributed by atoms with Gasteiger partial charge in [0.1, 0.15) is 11.9 Å². The van der Waals surface area contributed by atoms with E-state index < -0.39 is 67.6 Å². The Morgan fingerprint density at radius 2 is 1.91 bits per heavy atom. The molecule has 0 spiro atoms. The second-order valence-electron chi connectivity index (χ2n) is 6.86. The van der Waals surface area contributed by atoms with Crippen molar-refractivity contribution >= 4 is 23.7 Å². The van der Waals surface area contributed by atoms with Gasteiger partial charge in [0.05, 0.1) is 19.4 Å². The Kier molecular flexibility index (Phi) is 7.28. The summed E-state index contributed by atoms with van der Waals surface area (Å²) in [6, 6.07) is 9.49. The Morgan fingerprint density at radius 1 is 1.19 bits per heavy atom. The predicted octanol–water partition coefficient (Wildman–Crippen LogP) is 0.500. The SMILES string of the molecule is O=C(O)CCC(=O)O[C@H]1C(F)[C@@H](CO)O[C@H]1n1ccc(NC(=O)c2ccccc2)nc1=O. The minimum atomic E-state index is -1.97. The van der Waals surface area contributed by atoms with Crippen LogP contribution in [-0.4, -0.2) is 62.6 Å². The lowest BCUT2D eigenvalue weighted by Crippen LogP contribution is -2.37. The first-order valence-corrected chi connectivity index (χ1v) is 9.57. The molecule has 3 rings (SSSR count). The van der Waals surface area contributed by atoms with Crippen molar-refractivity contribution < 1.29 is 38.5 Å². The average molecular weight is 449 g/mol. The van der Waals surface area contributed by atoms with Crippen molar-refractivity contribution in [2.24, 2.45) is 0 Å². The molecule has 1 saturated heterocycles. The lowest BCUT2D eigenvalue weighted by Gasteiger charge is -2.21. The molecule has 4 atom stereocenters. The fourth-order valence-electron chi connectivity index (χ4n) is 3.06. The largest absolute Gasteiger partial charge is 0.481 e. The molecule has 170 valence electrons. The molecule has 12 heteroatoms. The van der Waals surface area contributed by atoms with Crippen LogP contribution in [0.2, 0.25) is 0 Å². The van der Waals surface area contributed by atoms with Gasteiger partial charge in [-0.05, 0) is 18.2 Å². The predicted molar refractivity (Wildman–Crippen MR) is 106 cm³/mol. The van der Waals surface area contributed by atoms with E-state index in [1.54, 1.807) is 30.3 Å². The fraction of sp³-hybridized carbons (Fsp3) is 0.350. The van der Waals surface area contributed by atoms with E-state index in [-0.39, 0.29) is 5.82 Å². The van der Waals surface area contributed by atoms with Crippen LogP contribution in [0.15, 0.2) is 47.4 Å². The van der Waals surface area contributed by atoms with Crippen LogP contribution >= 0.6 is 0 Å². The standard InChI is InChI=1S/C20H20FN3O8/c21-16-12(10-25)31-19(17(16)32-15(28)7-6-14(26)27)24-9-8-13(23-20(24)30)22-18(29)11-4-2-1-3-5-11/h1-5,8-9,12,16-17,19,25H,6-7,10H2,(H,26,27)(H,22,23,29,30)/t12-,16?,17+,19-/m1/s1. The number of carbonyl (C=O) groups is 3. The summed E-state index contributed by atoms with van der Waals surface area (Å²) in [7, 11) is 0. The molecule has 3 N–H and O–H groups in total. The average Bonchev–Trinajstić information content (AvgIpc) is 3.08. The van der Waals surface area contributed by atoms with Gasteiger partial charge >= 0.3 is 17.6 Å². The molecule has 11 nitrogen and oxygen atoms in total. The maximum absolute atomic E-state index is 14.6. The van der Waals surface area contributed by atoms with Crippen LogP contribution in [0.25, 0.3) is 0 Å². The first-order valence-electron chi connectivity index (χ1n) is 9.57. The Labute approximate surface area is 180 Å². The lowest BCUT2D eigenvalue weighted by atomic mass is 10.1. The highest BCUT2D eigenvalue weighted by Crippen LogP contribution is 2.33. The van der Waals surface area contributed by atoms with Crippen LogP contribution in [-0.2, 0) is 19.1 Å². The summed E-state index contributed by atoms with van der Waals surface area (Å²) in [4.78, 5) is 51.0. The van der Waals surface area contributed by atoms with Crippen molar-refractivity contribution in [2.75, 3.05) is 11.9 Å². The summed E-state index contributed by atoms with van der Waals surface area (Å²) in [5, 5.41) is 20.4. The number of carboxylic acids is 1. The highest BCUT2D eigenvalue weighted by Gasteiger charge is 2.48. The highest BCUT2D eigenvalue weighted by molar-refractivity contribution is 6.03. The molecule has 0 saturated carbocycles. The van der Waals surface area contributed by atoms with Crippen molar-refractivity contribution in [3.63, 3.8) is 0 Å². The van der Waals surface area contributed by atoms with Crippen LogP contribution in [0.4, 0.5) is 10.2 Å². The Morgan fingerprint density at radius 3 is 2.53 bits per heavy atom. The summed E-state index contributed by atoms with van der Waals surface area (Å²) in [6.45, 7) is -0.742. The number of alkyl halides is 1. The number of carboxylic acid groups (broad SMARTS) is 1. The third-order valence-electron chi connectivity index (χ3n) is 4.64. The van der Waals surface area contributed by atoms with Gasteiger partial charge in [0.15, 0.2) is 18.5 Å². The third kappa shape index (κ3) is 5.34. The molecule has 1 aliphatic heterocycles. The van der Waals surface area contributed by atoms with Gasteiger partial charge in [-0.2, -0.15) is 4.98 Å². The molecule has 1 fully saturated rings. The topological polar surface area (TPSA) is 157 Å². The first-order chi connectivity index (χ1) is 15.3. The fourth-order valence-corrected chi connectivity index (χ4v) is 3.06. The van der Waals surface area contributed by atoms with Crippen molar-refractivity contribution in [2.45, 2.75) is 37.4 Å². The van der Waals surface area contributed by atoms with Gasteiger partial charge in [0.2, 0.25) is 0 Å². The molecule has 1 amide bonds. The number of benzene rings is 1. The third-order valence-corrected chi connectivity index (χ3v) is 4.64. The van der Waals surface area contributed by atoms with Gasteiger partial charge in [-0.25, -0.2) is 9.18 Å². The normalized spacial score (nSPS) is 22.3. The number of ether oxygens (including phenoxy) is 2. The molecule has 1 aliphatic rings. The number of nitrogens with one attached hydrogen (secondary N) is 1. The highest BCUT2D eigenvalue weighted by atomic mass is 19.1. The monoisotopic (exact) mass is 449 g/mol. The molecule has 1 aromatic carbocycles. The Hall–Kier alpha value is -3.64. The number of aliphatic hydroxyl groups is 1. The van der Waals surface area contributed by atoms with E-state index in [1.807, 2.05) is 0 Å². The number of hydrogen-bond donors (Lipinski definition) is 3. The number of aliphatic carboxylic acids is 1. The number of carbonyl (C=O) groups excluding carboxylic acids is 2. The number of aromatic nitrogens is 2. The molecule has 2 heterocycles. The summed E-state index contributed by atoms with van der Waals surface area (Å²) >= 11 is 0. The van der Waals surface area contributed by atoms with E-state index in [0.717, 1.165) is 4.57 Å². The Bertz CT molecular complexity index is 1040. The van der Waals surface area contributed by atoms with Gasteiger partial charge in [-0.1, -0.05) is 18.2 Å². The first kappa shape index (κ1) is 23.0. The maximum Gasteiger partial charge on any atom is 0.351 e. The summed E-state index contributed by atoms with van der Waals surface area (Å²) < 4.78 is 25.9. The van der Waals surface area contributed by atoms with Gasteiger partial charge in [0.25, 0.3) is 5.91 Å². The van der Waals surface area contributed by atoms with E-state index in [4.69, 9.17) is 14.6 Å². The van der Waals surface area contributed by atoms with Gasteiger partial charge in [-0.15, -0.1) is 0 Å². The number of anilines is 1. The molecule has 0 radical (unpaired) electrons. The molecule has 1 unspecified atom stereocenters. The zero-order valence-corrected chi connectivity index (χ0v) is 16.6. The molecular formula is C20H20FN3O8. The van der Waals surface area contributed by atoms with E-state index in [2.05, 4.69) is 10.3 Å². The second-order valence-corrected chi connectivity index (χ2v) is 6.86. The minimum Gasteiger partial charge on any atom is -0.481 e. The van der Waals surface area contributed by atoms with Crippen molar-refractivity contribution in [3.05, 3.63) is 58.6 Å². The van der Waals surface area contributed by atoms with Crippen LogP contribution in [0.3, 0.4) is 0 Å². The van der Waals surface area contributed by atoms with E-state index in [9.17, 15) is 28.7 Å². The van der Waals surface area contributed by atoms with Crippen LogP contribution in [0.1, 0.15) is 29.4 Å². The molecule has 1 aromatic heterocycles. The molecule has 32 heavy (non-hydrogen) atoms. The summed E-state index contributed by atoms with van der Waals surface area (Å²) in [6.07, 6.45) is -6.26. The summed E-state index contributed by atoms with van der Waals surface area (Å²) in [5.41, 5.74) is -0.588. The number of amides is 1. The van der Waals surface area contributed by atoms with E-state index in [1.165, 1.54) is 12.3 Å². The number of hydrogen-bond acceptors (Lipinski definition) is 8. The van der Waals surface area contributed by atoms with Crippen molar-refractivity contribution in [1.29, 1.82) is 0 Å². The van der Waals surface area contributed by atoms with Crippen LogP contribution < -0.4 is 11.0 Å². The zero-order chi connectivity index (χ0) is 23.3. The van der Waals surface area contributed by atoms with Gasteiger partial charge in [-0.3, -0.25) is 19.0 Å². The quantitative estimate of drug-likeness (QED) is 0.488. The molecule has 0 aliphatic carbocycles. The van der Waals surface area contributed by atoms with Gasteiger partial charge < -0.3 is 25.0 Å².